The van der Waals surface area contributed by atoms with E-state index >= 15 is 0 Å². The van der Waals surface area contributed by atoms with Crippen molar-refractivity contribution in [2.45, 2.75) is 6.92 Å². The van der Waals surface area contributed by atoms with Crippen LogP contribution in [0.15, 0.2) is 36.5 Å². The molecule has 0 saturated heterocycles. The quantitative estimate of drug-likeness (QED) is 0.676. The summed E-state index contributed by atoms with van der Waals surface area (Å²) >= 11 is 1.36. The number of benzene rings is 1. The number of aromatic nitrogens is 5. The smallest absolute Gasteiger partial charge is 0.273 e. The van der Waals surface area contributed by atoms with Crippen LogP contribution in [0.5, 0.6) is 0 Å². The van der Waals surface area contributed by atoms with Crippen LogP contribution >= 0.6 is 11.5 Å². The molecule has 1 aromatic carbocycles. The SMILES string of the molecule is CCN(CCNC(=O)c1cn[nH]n1)c1nc(-c2ccccc2)ns1. The van der Waals surface area contributed by atoms with Gasteiger partial charge in [0.2, 0.25) is 5.13 Å². The summed E-state index contributed by atoms with van der Waals surface area (Å²) in [5.74, 6) is 0.475. The van der Waals surface area contributed by atoms with E-state index in [-0.39, 0.29) is 11.6 Å². The number of aromatic amines is 1. The van der Waals surface area contributed by atoms with E-state index in [0.717, 1.165) is 23.1 Å². The molecule has 0 aliphatic rings. The van der Waals surface area contributed by atoms with Gasteiger partial charge in [-0.2, -0.15) is 24.8 Å². The number of nitrogens with zero attached hydrogens (tertiary/aromatic N) is 5. The largest absolute Gasteiger partial charge is 0.349 e. The van der Waals surface area contributed by atoms with Crippen LogP contribution in [0.1, 0.15) is 17.4 Å². The molecule has 0 saturated carbocycles. The second-order valence-corrected chi connectivity index (χ2v) is 5.69. The van der Waals surface area contributed by atoms with E-state index in [1.54, 1.807) is 0 Å². The summed E-state index contributed by atoms with van der Waals surface area (Å²) in [6.07, 6.45) is 1.39. The normalized spacial score (nSPS) is 10.5. The highest BCUT2D eigenvalue weighted by Crippen LogP contribution is 2.23. The topological polar surface area (TPSA) is 99.7 Å². The van der Waals surface area contributed by atoms with Crippen molar-refractivity contribution in [3.63, 3.8) is 0 Å². The summed E-state index contributed by atoms with van der Waals surface area (Å²) < 4.78 is 4.42. The Morgan fingerprint density at radius 3 is 2.88 bits per heavy atom. The zero-order valence-electron chi connectivity index (χ0n) is 13.1. The summed E-state index contributed by atoms with van der Waals surface area (Å²) in [5, 5.41) is 13.4. The Morgan fingerprint density at radius 2 is 2.17 bits per heavy atom. The number of nitrogens with one attached hydrogen (secondary N) is 2. The Kier molecular flexibility index (Phi) is 5.12. The van der Waals surface area contributed by atoms with Crippen LogP contribution in [0.25, 0.3) is 11.4 Å². The number of carbonyl (C=O) groups is 1. The molecule has 3 rings (SSSR count). The molecular formula is C15H17N7OS. The number of H-pyrrole nitrogens is 1. The fourth-order valence-corrected chi connectivity index (χ4v) is 2.92. The van der Waals surface area contributed by atoms with Crippen LogP contribution in [0.2, 0.25) is 0 Å². The first-order chi connectivity index (χ1) is 11.8. The van der Waals surface area contributed by atoms with Crippen LogP contribution in [-0.2, 0) is 0 Å². The summed E-state index contributed by atoms with van der Waals surface area (Å²) in [4.78, 5) is 18.5. The molecule has 9 heteroatoms. The molecule has 0 aliphatic heterocycles. The van der Waals surface area contributed by atoms with Crippen LogP contribution in [0.3, 0.4) is 0 Å². The first kappa shape index (κ1) is 16.1. The minimum absolute atomic E-state index is 0.248. The zero-order chi connectivity index (χ0) is 16.8. The van der Waals surface area contributed by atoms with Gasteiger partial charge in [-0.3, -0.25) is 4.79 Å². The van der Waals surface area contributed by atoms with Gasteiger partial charge in [0, 0.05) is 36.7 Å². The lowest BCUT2D eigenvalue weighted by molar-refractivity contribution is 0.0949. The van der Waals surface area contributed by atoms with E-state index in [1.807, 2.05) is 37.3 Å². The van der Waals surface area contributed by atoms with Crippen molar-refractivity contribution in [2.24, 2.45) is 0 Å². The predicted molar refractivity (Wildman–Crippen MR) is 91.9 cm³/mol. The third kappa shape index (κ3) is 3.74. The molecule has 124 valence electrons. The Balaban J connectivity index is 1.58. The molecule has 2 aromatic heterocycles. The minimum Gasteiger partial charge on any atom is -0.349 e. The van der Waals surface area contributed by atoms with Crippen LogP contribution in [0.4, 0.5) is 5.13 Å². The lowest BCUT2D eigenvalue weighted by Crippen LogP contribution is -2.35. The summed E-state index contributed by atoms with van der Waals surface area (Å²) in [7, 11) is 0. The van der Waals surface area contributed by atoms with Gasteiger partial charge in [0.25, 0.3) is 5.91 Å². The summed E-state index contributed by atoms with van der Waals surface area (Å²) in [5.41, 5.74) is 1.27. The molecule has 0 aliphatic carbocycles. The molecule has 2 heterocycles. The lowest BCUT2D eigenvalue weighted by atomic mass is 10.2. The third-order valence-electron chi connectivity index (χ3n) is 3.41. The van der Waals surface area contributed by atoms with E-state index in [2.05, 4.69) is 35.0 Å². The Hall–Kier alpha value is -2.81. The van der Waals surface area contributed by atoms with Crippen molar-refractivity contribution < 1.29 is 4.79 Å². The molecule has 2 N–H and O–H groups in total. The van der Waals surface area contributed by atoms with Gasteiger partial charge in [-0.1, -0.05) is 30.3 Å². The highest BCUT2D eigenvalue weighted by Gasteiger charge is 2.13. The number of amides is 1. The summed E-state index contributed by atoms with van der Waals surface area (Å²) in [6.45, 7) is 3.95. The number of carbonyl (C=O) groups excluding carboxylic acids is 1. The minimum atomic E-state index is -0.248. The highest BCUT2D eigenvalue weighted by atomic mass is 32.1. The van der Waals surface area contributed by atoms with Crippen molar-refractivity contribution >= 4 is 22.6 Å². The molecule has 1 amide bonds. The second kappa shape index (κ2) is 7.64. The van der Waals surface area contributed by atoms with Crippen molar-refractivity contribution in [3.05, 3.63) is 42.2 Å². The molecule has 0 spiro atoms. The number of hydrogen-bond donors (Lipinski definition) is 2. The van der Waals surface area contributed by atoms with Gasteiger partial charge in [0.1, 0.15) is 0 Å². The molecular weight excluding hydrogens is 326 g/mol. The maximum atomic E-state index is 11.8. The first-order valence-electron chi connectivity index (χ1n) is 7.56. The number of anilines is 1. The van der Waals surface area contributed by atoms with E-state index in [0.29, 0.717) is 13.1 Å². The maximum absolute atomic E-state index is 11.8. The summed E-state index contributed by atoms with van der Waals surface area (Å²) in [6, 6.07) is 9.87. The van der Waals surface area contributed by atoms with Crippen molar-refractivity contribution in [1.29, 1.82) is 0 Å². The van der Waals surface area contributed by atoms with E-state index < -0.39 is 0 Å². The number of rotatable bonds is 7. The number of likely N-dealkylation sites (N-methyl/N-ethyl adjacent to an activating group) is 1. The first-order valence-corrected chi connectivity index (χ1v) is 8.33. The van der Waals surface area contributed by atoms with Crippen LogP contribution in [-0.4, -0.2) is 50.3 Å². The van der Waals surface area contributed by atoms with Crippen LogP contribution < -0.4 is 10.2 Å². The van der Waals surface area contributed by atoms with Crippen LogP contribution in [0, 0.1) is 0 Å². The average Bonchev–Trinajstić information content (AvgIpc) is 3.31. The molecule has 0 bridgehead atoms. The fraction of sp³-hybridized carbons (Fsp3) is 0.267. The number of hydrogen-bond acceptors (Lipinski definition) is 7. The Morgan fingerprint density at radius 1 is 1.33 bits per heavy atom. The predicted octanol–water partition coefficient (Wildman–Crippen LogP) is 1.58. The zero-order valence-corrected chi connectivity index (χ0v) is 14.0. The molecule has 8 nitrogen and oxygen atoms in total. The van der Waals surface area contributed by atoms with E-state index in [4.69, 9.17) is 0 Å². The van der Waals surface area contributed by atoms with Gasteiger partial charge < -0.3 is 10.2 Å². The molecule has 3 aromatic rings. The molecule has 0 unspecified atom stereocenters. The van der Waals surface area contributed by atoms with E-state index in [1.165, 1.54) is 17.7 Å². The molecule has 0 radical (unpaired) electrons. The highest BCUT2D eigenvalue weighted by molar-refractivity contribution is 7.09. The van der Waals surface area contributed by atoms with Gasteiger partial charge in [-0.05, 0) is 6.92 Å². The third-order valence-corrected chi connectivity index (χ3v) is 4.19. The molecule has 24 heavy (non-hydrogen) atoms. The fourth-order valence-electron chi connectivity index (χ4n) is 2.14. The van der Waals surface area contributed by atoms with E-state index in [9.17, 15) is 4.79 Å². The molecule has 0 atom stereocenters. The van der Waals surface area contributed by atoms with Crippen molar-refractivity contribution in [2.75, 3.05) is 24.5 Å². The van der Waals surface area contributed by atoms with Gasteiger partial charge in [0.15, 0.2) is 11.5 Å². The monoisotopic (exact) mass is 343 g/mol. The average molecular weight is 343 g/mol. The maximum Gasteiger partial charge on any atom is 0.273 e. The van der Waals surface area contributed by atoms with Crippen molar-refractivity contribution in [3.8, 4) is 11.4 Å². The molecule has 0 fully saturated rings. The van der Waals surface area contributed by atoms with Gasteiger partial charge in [0.05, 0.1) is 6.20 Å². The van der Waals surface area contributed by atoms with Gasteiger partial charge in [-0.15, -0.1) is 0 Å². The van der Waals surface area contributed by atoms with Gasteiger partial charge in [-0.25, -0.2) is 0 Å². The Bertz CT molecular complexity index is 772. The second-order valence-electron chi connectivity index (χ2n) is 4.96. The lowest BCUT2D eigenvalue weighted by Gasteiger charge is -2.19. The standard InChI is InChI=1S/C15H17N7OS/c1-2-22(9-8-16-14(23)12-10-17-21-19-12)15-18-13(20-24-15)11-6-4-3-5-7-11/h3-7,10H,2,8-9H2,1H3,(H,16,23)(H,17,19,21). The van der Waals surface area contributed by atoms with Crippen molar-refractivity contribution in [1.82, 2.24) is 30.1 Å². The Labute approximate surface area is 143 Å². The van der Waals surface area contributed by atoms with Gasteiger partial charge >= 0.3 is 0 Å².